The standard InChI is InChI=1S/C11H17FN2O2/c1-11(2,15)6-14-9-5-10(16-3)7(12)4-8(9)13/h4-5,14-15H,6,13H2,1-3H3. The van der Waals surface area contributed by atoms with Crippen LogP contribution in [-0.2, 0) is 0 Å². The highest BCUT2D eigenvalue weighted by Crippen LogP contribution is 2.28. The first-order chi connectivity index (χ1) is 7.33. The molecule has 0 aliphatic rings. The fourth-order valence-corrected chi connectivity index (χ4v) is 1.19. The predicted molar refractivity (Wildman–Crippen MR) is 62.2 cm³/mol. The number of anilines is 2. The minimum Gasteiger partial charge on any atom is -0.494 e. The van der Waals surface area contributed by atoms with Gasteiger partial charge in [0.1, 0.15) is 0 Å². The zero-order valence-corrected chi connectivity index (χ0v) is 9.67. The molecule has 0 unspecified atom stereocenters. The SMILES string of the molecule is COc1cc(NCC(C)(C)O)c(N)cc1F. The second kappa shape index (κ2) is 4.57. The number of rotatable bonds is 4. The van der Waals surface area contributed by atoms with E-state index in [0.717, 1.165) is 0 Å². The smallest absolute Gasteiger partial charge is 0.167 e. The van der Waals surface area contributed by atoms with Crippen molar-refractivity contribution in [1.29, 1.82) is 0 Å². The van der Waals surface area contributed by atoms with Crippen LogP contribution in [0.25, 0.3) is 0 Å². The summed E-state index contributed by atoms with van der Waals surface area (Å²) in [6.07, 6.45) is 0. The van der Waals surface area contributed by atoms with E-state index in [9.17, 15) is 9.50 Å². The summed E-state index contributed by atoms with van der Waals surface area (Å²) >= 11 is 0. The summed E-state index contributed by atoms with van der Waals surface area (Å²) in [6, 6.07) is 2.65. The van der Waals surface area contributed by atoms with E-state index in [1.54, 1.807) is 13.8 Å². The molecule has 1 rings (SSSR count). The number of nitrogens with two attached hydrogens (primary N) is 1. The van der Waals surface area contributed by atoms with Crippen LogP contribution in [0, 0.1) is 5.82 Å². The molecule has 0 bridgehead atoms. The quantitative estimate of drug-likeness (QED) is 0.685. The van der Waals surface area contributed by atoms with Crippen LogP contribution in [0.2, 0.25) is 0 Å². The van der Waals surface area contributed by atoms with Gasteiger partial charge in [-0.05, 0) is 13.8 Å². The number of benzene rings is 1. The van der Waals surface area contributed by atoms with Gasteiger partial charge in [0.15, 0.2) is 11.6 Å². The van der Waals surface area contributed by atoms with Crippen molar-refractivity contribution in [3.63, 3.8) is 0 Å². The molecule has 0 amide bonds. The van der Waals surface area contributed by atoms with E-state index in [2.05, 4.69) is 5.32 Å². The topological polar surface area (TPSA) is 67.5 Å². The molecule has 0 aliphatic heterocycles. The van der Waals surface area contributed by atoms with Gasteiger partial charge >= 0.3 is 0 Å². The average Bonchev–Trinajstić information content (AvgIpc) is 2.15. The molecule has 5 heteroatoms. The first-order valence-electron chi connectivity index (χ1n) is 4.93. The van der Waals surface area contributed by atoms with Crippen molar-refractivity contribution in [2.24, 2.45) is 0 Å². The van der Waals surface area contributed by atoms with E-state index in [4.69, 9.17) is 10.5 Å². The lowest BCUT2D eigenvalue weighted by atomic mass is 10.1. The van der Waals surface area contributed by atoms with Crippen molar-refractivity contribution in [3.05, 3.63) is 17.9 Å². The molecule has 1 aromatic rings. The van der Waals surface area contributed by atoms with Gasteiger partial charge in [0, 0.05) is 18.7 Å². The van der Waals surface area contributed by atoms with Crippen molar-refractivity contribution in [2.45, 2.75) is 19.4 Å². The summed E-state index contributed by atoms with van der Waals surface area (Å²) in [4.78, 5) is 0. The number of ether oxygens (including phenoxy) is 1. The molecule has 0 aromatic heterocycles. The van der Waals surface area contributed by atoms with Crippen molar-refractivity contribution in [2.75, 3.05) is 24.7 Å². The maximum atomic E-state index is 13.2. The number of aliphatic hydroxyl groups is 1. The van der Waals surface area contributed by atoms with E-state index < -0.39 is 11.4 Å². The first kappa shape index (κ1) is 12.6. The van der Waals surface area contributed by atoms with E-state index >= 15 is 0 Å². The molecule has 0 radical (unpaired) electrons. The van der Waals surface area contributed by atoms with Crippen molar-refractivity contribution in [1.82, 2.24) is 0 Å². The largest absolute Gasteiger partial charge is 0.494 e. The molecule has 0 fully saturated rings. The number of nitrogens with one attached hydrogen (secondary N) is 1. The average molecular weight is 228 g/mol. The van der Waals surface area contributed by atoms with Crippen LogP contribution in [0.15, 0.2) is 12.1 Å². The number of halogens is 1. The van der Waals surface area contributed by atoms with Crippen LogP contribution in [0.3, 0.4) is 0 Å². The predicted octanol–water partition coefficient (Wildman–Crippen LogP) is 1.60. The van der Waals surface area contributed by atoms with Gasteiger partial charge < -0.3 is 20.9 Å². The van der Waals surface area contributed by atoms with Crippen LogP contribution in [0.5, 0.6) is 5.75 Å². The zero-order chi connectivity index (χ0) is 12.3. The Morgan fingerprint density at radius 3 is 2.62 bits per heavy atom. The first-order valence-corrected chi connectivity index (χ1v) is 4.93. The van der Waals surface area contributed by atoms with E-state index in [0.29, 0.717) is 12.2 Å². The van der Waals surface area contributed by atoms with Gasteiger partial charge in [-0.1, -0.05) is 0 Å². The summed E-state index contributed by atoms with van der Waals surface area (Å²) < 4.78 is 18.1. The zero-order valence-electron chi connectivity index (χ0n) is 9.67. The summed E-state index contributed by atoms with van der Waals surface area (Å²) in [7, 11) is 1.38. The molecule has 0 spiro atoms. The number of hydrogen-bond acceptors (Lipinski definition) is 4. The molecule has 4 nitrogen and oxygen atoms in total. The van der Waals surface area contributed by atoms with Gasteiger partial charge in [-0.3, -0.25) is 0 Å². The van der Waals surface area contributed by atoms with E-state index in [-0.39, 0.29) is 11.4 Å². The van der Waals surface area contributed by atoms with Crippen LogP contribution in [0.1, 0.15) is 13.8 Å². The number of methoxy groups -OCH3 is 1. The molecule has 0 aliphatic carbocycles. The third kappa shape index (κ3) is 3.27. The fraction of sp³-hybridized carbons (Fsp3) is 0.455. The van der Waals surface area contributed by atoms with Gasteiger partial charge in [-0.15, -0.1) is 0 Å². The molecule has 16 heavy (non-hydrogen) atoms. The van der Waals surface area contributed by atoms with E-state index in [1.165, 1.54) is 19.2 Å². The lowest BCUT2D eigenvalue weighted by Gasteiger charge is -2.19. The Balaban J connectivity index is 2.88. The third-order valence-corrected chi connectivity index (χ3v) is 2.04. The highest BCUT2D eigenvalue weighted by molar-refractivity contribution is 5.68. The Bertz CT molecular complexity index is 375. The molecule has 0 atom stereocenters. The molecule has 0 saturated carbocycles. The maximum absolute atomic E-state index is 13.2. The van der Waals surface area contributed by atoms with E-state index in [1.807, 2.05) is 0 Å². The third-order valence-electron chi connectivity index (χ3n) is 2.04. The Morgan fingerprint density at radius 1 is 1.50 bits per heavy atom. The Morgan fingerprint density at radius 2 is 2.12 bits per heavy atom. The van der Waals surface area contributed by atoms with Crippen LogP contribution >= 0.6 is 0 Å². The summed E-state index contributed by atoms with van der Waals surface area (Å²) in [6.45, 7) is 3.64. The molecule has 0 heterocycles. The van der Waals surface area contributed by atoms with Gasteiger partial charge in [0.2, 0.25) is 0 Å². The molecular formula is C11H17FN2O2. The second-order valence-corrected chi connectivity index (χ2v) is 4.24. The van der Waals surface area contributed by atoms with Crippen molar-refractivity contribution in [3.8, 4) is 5.75 Å². The monoisotopic (exact) mass is 228 g/mol. The van der Waals surface area contributed by atoms with Crippen LogP contribution in [-0.4, -0.2) is 24.4 Å². The van der Waals surface area contributed by atoms with Crippen LogP contribution in [0.4, 0.5) is 15.8 Å². The van der Waals surface area contributed by atoms with Gasteiger partial charge in [-0.2, -0.15) is 0 Å². The highest BCUT2D eigenvalue weighted by atomic mass is 19.1. The van der Waals surface area contributed by atoms with Gasteiger partial charge in [-0.25, -0.2) is 4.39 Å². The lowest BCUT2D eigenvalue weighted by molar-refractivity contribution is 0.0945. The normalized spacial score (nSPS) is 11.3. The minimum absolute atomic E-state index is 0.118. The number of nitrogen functional groups attached to an aromatic ring is 1. The van der Waals surface area contributed by atoms with Crippen molar-refractivity contribution >= 4 is 11.4 Å². The molecule has 4 N–H and O–H groups in total. The maximum Gasteiger partial charge on any atom is 0.167 e. The molecule has 1 aromatic carbocycles. The number of hydrogen-bond donors (Lipinski definition) is 3. The highest BCUT2D eigenvalue weighted by Gasteiger charge is 2.14. The molecular weight excluding hydrogens is 211 g/mol. The van der Waals surface area contributed by atoms with Crippen molar-refractivity contribution < 1.29 is 14.2 Å². The Hall–Kier alpha value is -1.49. The molecule has 90 valence electrons. The van der Waals surface area contributed by atoms with Crippen LogP contribution < -0.4 is 15.8 Å². The Labute approximate surface area is 94.2 Å². The minimum atomic E-state index is -0.867. The van der Waals surface area contributed by atoms with Gasteiger partial charge in [0.25, 0.3) is 0 Å². The summed E-state index contributed by atoms with van der Waals surface area (Å²) in [5.41, 5.74) is 5.59. The molecule has 0 saturated heterocycles. The lowest BCUT2D eigenvalue weighted by Crippen LogP contribution is -2.29. The summed E-state index contributed by atoms with van der Waals surface area (Å²) in [5.74, 6) is -0.388. The second-order valence-electron chi connectivity index (χ2n) is 4.24. The fourth-order valence-electron chi connectivity index (χ4n) is 1.19. The Kier molecular flexibility index (Phi) is 3.59. The van der Waals surface area contributed by atoms with Gasteiger partial charge in [0.05, 0.1) is 24.1 Å². The summed E-state index contributed by atoms with van der Waals surface area (Å²) in [5, 5.41) is 12.5.